The summed E-state index contributed by atoms with van der Waals surface area (Å²) < 4.78 is 5.34. The average molecular weight is 321 g/mol. The van der Waals surface area contributed by atoms with Gasteiger partial charge in [0.15, 0.2) is 11.6 Å². The zero-order valence-corrected chi connectivity index (χ0v) is 13.8. The monoisotopic (exact) mass is 321 g/mol. The molecule has 6 nitrogen and oxygen atoms in total. The smallest absolute Gasteiger partial charge is 0.240 e. The van der Waals surface area contributed by atoms with Crippen LogP contribution in [-0.4, -0.2) is 25.0 Å². The topological polar surface area (TPSA) is 67.9 Å². The number of rotatable bonds is 4. The summed E-state index contributed by atoms with van der Waals surface area (Å²) in [5, 5.41) is 4.02. The fourth-order valence-corrected chi connectivity index (χ4v) is 2.82. The third-order valence-corrected chi connectivity index (χ3v) is 4.11. The molecule has 122 valence electrons. The van der Waals surface area contributed by atoms with Crippen LogP contribution in [-0.2, 0) is 19.6 Å². The molecule has 0 spiro atoms. The Balaban J connectivity index is 1.49. The second-order valence-electron chi connectivity index (χ2n) is 6.38. The van der Waals surface area contributed by atoms with Crippen LogP contribution in [0.2, 0.25) is 0 Å². The van der Waals surface area contributed by atoms with Crippen LogP contribution in [0.4, 0.5) is 0 Å². The first kappa shape index (κ1) is 15.0. The van der Waals surface area contributed by atoms with Crippen LogP contribution in [0.1, 0.15) is 42.7 Å². The Morgan fingerprint density at radius 2 is 1.96 bits per heavy atom. The lowest BCUT2D eigenvalue weighted by Crippen LogP contribution is -2.16. The highest BCUT2D eigenvalue weighted by Gasteiger charge is 2.23. The van der Waals surface area contributed by atoms with E-state index in [9.17, 15) is 0 Å². The normalized spacial score (nSPS) is 14.3. The molecule has 0 atom stereocenters. The molecule has 1 aliphatic heterocycles. The van der Waals surface area contributed by atoms with Gasteiger partial charge in [-0.05, 0) is 0 Å². The average Bonchev–Trinajstić information content (AvgIpc) is 3.21. The van der Waals surface area contributed by atoms with Crippen molar-refractivity contribution >= 4 is 0 Å². The maximum atomic E-state index is 5.34. The van der Waals surface area contributed by atoms with Crippen molar-refractivity contribution in [3.63, 3.8) is 0 Å². The van der Waals surface area contributed by atoms with Gasteiger partial charge >= 0.3 is 0 Å². The van der Waals surface area contributed by atoms with Crippen molar-refractivity contribution < 1.29 is 4.52 Å². The van der Waals surface area contributed by atoms with E-state index < -0.39 is 0 Å². The van der Waals surface area contributed by atoms with Gasteiger partial charge in [0.25, 0.3) is 0 Å². The van der Waals surface area contributed by atoms with Gasteiger partial charge in [0.05, 0.1) is 12.2 Å². The van der Waals surface area contributed by atoms with Gasteiger partial charge in [0.1, 0.15) is 0 Å². The molecule has 4 rings (SSSR count). The summed E-state index contributed by atoms with van der Waals surface area (Å²) in [5.74, 6) is 2.46. The minimum absolute atomic E-state index is 0.276. The van der Waals surface area contributed by atoms with E-state index >= 15 is 0 Å². The quantitative estimate of drug-likeness (QED) is 0.735. The Bertz CT molecular complexity index is 844. The minimum Gasteiger partial charge on any atom is -0.338 e. The molecule has 0 amide bonds. The SMILES string of the molecule is CC(C)c1noc(CN2Cc3cnc(-c4ccccc4)nc3C2)n1. The third kappa shape index (κ3) is 2.92. The minimum atomic E-state index is 0.276. The van der Waals surface area contributed by atoms with Crippen LogP contribution >= 0.6 is 0 Å². The highest BCUT2D eigenvalue weighted by molar-refractivity contribution is 5.54. The van der Waals surface area contributed by atoms with E-state index in [2.05, 4.69) is 33.9 Å². The molecule has 0 fully saturated rings. The number of aromatic nitrogens is 4. The second-order valence-corrected chi connectivity index (χ2v) is 6.38. The van der Waals surface area contributed by atoms with E-state index in [4.69, 9.17) is 9.51 Å². The van der Waals surface area contributed by atoms with Crippen LogP contribution in [0.5, 0.6) is 0 Å². The van der Waals surface area contributed by atoms with E-state index in [1.54, 1.807) is 0 Å². The van der Waals surface area contributed by atoms with Crippen molar-refractivity contribution in [3.05, 3.63) is 59.5 Å². The van der Waals surface area contributed by atoms with Crippen LogP contribution in [0, 0.1) is 0 Å². The fraction of sp³-hybridized carbons (Fsp3) is 0.333. The molecule has 0 unspecified atom stereocenters. The molecule has 0 aliphatic carbocycles. The molecule has 0 N–H and O–H groups in total. The maximum Gasteiger partial charge on any atom is 0.240 e. The summed E-state index contributed by atoms with van der Waals surface area (Å²) in [6, 6.07) is 10.1. The Hall–Kier alpha value is -2.60. The highest BCUT2D eigenvalue weighted by Crippen LogP contribution is 2.24. The van der Waals surface area contributed by atoms with E-state index in [1.165, 1.54) is 5.56 Å². The van der Waals surface area contributed by atoms with Gasteiger partial charge in [0.2, 0.25) is 5.89 Å². The van der Waals surface area contributed by atoms with Crippen molar-refractivity contribution in [1.82, 2.24) is 25.0 Å². The molecular formula is C18H19N5O. The lowest BCUT2D eigenvalue weighted by molar-refractivity contribution is 0.229. The Kier molecular flexibility index (Phi) is 3.82. The summed E-state index contributed by atoms with van der Waals surface area (Å²) in [5.41, 5.74) is 3.28. The van der Waals surface area contributed by atoms with Crippen LogP contribution in [0.25, 0.3) is 11.4 Å². The maximum absolute atomic E-state index is 5.34. The van der Waals surface area contributed by atoms with Crippen molar-refractivity contribution in [2.45, 2.75) is 39.4 Å². The van der Waals surface area contributed by atoms with Crippen LogP contribution in [0.3, 0.4) is 0 Å². The van der Waals surface area contributed by atoms with Gasteiger partial charge in [0, 0.05) is 36.3 Å². The van der Waals surface area contributed by atoms with Crippen molar-refractivity contribution in [1.29, 1.82) is 0 Å². The standard InChI is InChI=1S/C18H19N5O/c1-12(2)17-21-16(24-22-17)11-23-9-14-8-19-18(20-15(14)10-23)13-6-4-3-5-7-13/h3-8,12H,9-11H2,1-2H3. The van der Waals surface area contributed by atoms with E-state index in [1.807, 2.05) is 36.5 Å². The molecule has 0 saturated carbocycles. The third-order valence-electron chi connectivity index (χ3n) is 4.11. The Morgan fingerprint density at radius 3 is 2.71 bits per heavy atom. The molecule has 3 aromatic rings. The van der Waals surface area contributed by atoms with Gasteiger partial charge in [-0.15, -0.1) is 0 Å². The molecule has 3 heterocycles. The van der Waals surface area contributed by atoms with Crippen molar-refractivity contribution in [3.8, 4) is 11.4 Å². The Morgan fingerprint density at radius 1 is 1.12 bits per heavy atom. The summed E-state index contributed by atoms with van der Waals surface area (Å²) in [6.07, 6.45) is 1.93. The summed E-state index contributed by atoms with van der Waals surface area (Å²) in [6.45, 7) is 6.33. The molecule has 1 aromatic carbocycles. The number of fused-ring (bicyclic) bond motifs is 1. The van der Waals surface area contributed by atoms with Gasteiger partial charge in [-0.3, -0.25) is 4.90 Å². The zero-order valence-electron chi connectivity index (χ0n) is 13.8. The predicted octanol–water partition coefficient (Wildman–Crippen LogP) is 3.17. The molecule has 0 radical (unpaired) electrons. The van der Waals surface area contributed by atoms with E-state index in [-0.39, 0.29) is 5.92 Å². The first-order valence-corrected chi connectivity index (χ1v) is 8.14. The summed E-state index contributed by atoms with van der Waals surface area (Å²) in [4.78, 5) is 15.9. The molecule has 2 aromatic heterocycles. The number of nitrogens with zero attached hydrogens (tertiary/aromatic N) is 5. The predicted molar refractivity (Wildman–Crippen MR) is 88.8 cm³/mol. The van der Waals surface area contributed by atoms with Crippen LogP contribution in [0.15, 0.2) is 41.1 Å². The fourth-order valence-electron chi connectivity index (χ4n) is 2.82. The molecule has 1 aliphatic rings. The van der Waals surface area contributed by atoms with Gasteiger partial charge < -0.3 is 4.52 Å². The van der Waals surface area contributed by atoms with E-state index in [0.29, 0.717) is 12.4 Å². The highest BCUT2D eigenvalue weighted by atomic mass is 16.5. The van der Waals surface area contributed by atoms with Crippen molar-refractivity contribution in [2.75, 3.05) is 0 Å². The van der Waals surface area contributed by atoms with Gasteiger partial charge in [-0.25, -0.2) is 9.97 Å². The molecule has 6 heteroatoms. The first-order valence-electron chi connectivity index (χ1n) is 8.14. The number of hydrogen-bond acceptors (Lipinski definition) is 6. The van der Waals surface area contributed by atoms with Gasteiger partial charge in [-0.1, -0.05) is 49.3 Å². The molecule has 24 heavy (non-hydrogen) atoms. The largest absolute Gasteiger partial charge is 0.338 e. The van der Waals surface area contributed by atoms with Crippen LogP contribution < -0.4 is 0 Å². The number of benzene rings is 1. The lowest BCUT2D eigenvalue weighted by Gasteiger charge is -2.10. The number of hydrogen-bond donors (Lipinski definition) is 0. The summed E-state index contributed by atoms with van der Waals surface area (Å²) >= 11 is 0. The van der Waals surface area contributed by atoms with Crippen molar-refractivity contribution in [2.24, 2.45) is 0 Å². The molecule has 0 saturated heterocycles. The zero-order chi connectivity index (χ0) is 16.5. The van der Waals surface area contributed by atoms with E-state index in [0.717, 1.165) is 36.0 Å². The lowest BCUT2D eigenvalue weighted by atomic mass is 10.2. The molecule has 0 bridgehead atoms. The Labute approximate surface area is 140 Å². The molecular weight excluding hydrogens is 302 g/mol. The first-order chi connectivity index (χ1) is 11.7. The van der Waals surface area contributed by atoms with Gasteiger partial charge in [-0.2, -0.15) is 4.98 Å². The second kappa shape index (κ2) is 6.13. The summed E-state index contributed by atoms with van der Waals surface area (Å²) in [7, 11) is 0.